The molecular weight excluding hydrogens is 289 g/mol. The van der Waals surface area contributed by atoms with E-state index in [1.165, 1.54) is 31.7 Å². The van der Waals surface area contributed by atoms with Crippen LogP contribution >= 0.6 is 48.0 Å². The van der Waals surface area contributed by atoms with Gasteiger partial charge in [0.25, 0.3) is 0 Å². The maximum Gasteiger partial charge on any atom is 0.136 e. The highest BCUT2D eigenvalue weighted by Gasteiger charge is 2.15. The lowest BCUT2D eigenvalue weighted by Gasteiger charge is -2.15. The molecule has 1 nitrogen and oxygen atoms in total. The summed E-state index contributed by atoms with van der Waals surface area (Å²) in [5, 5.41) is 0. The average Bonchev–Trinajstić information content (AvgIpc) is 2.31. The molecule has 0 saturated carbocycles. The molecule has 0 aliphatic carbocycles. The van der Waals surface area contributed by atoms with E-state index in [2.05, 4.69) is 11.8 Å². The fourth-order valence-electron chi connectivity index (χ4n) is 0.978. The Balaban J connectivity index is 0.000001000. The van der Waals surface area contributed by atoms with Gasteiger partial charge in [-0.2, -0.15) is 0 Å². The summed E-state index contributed by atoms with van der Waals surface area (Å²) in [5.41, 5.74) is 0. The normalized spacial score (nSPS) is 16.8. The zero-order chi connectivity index (χ0) is 7.40. The summed E-state index contributed by atoms with van der Waals surface area (Å²) in [5.74, 6) is 1.20. The number of hydrogen-bond acceptors (Lipinski definition) is 2. The first-order chi connectivity index (χ1) is 4.84. The van der Waals surface area contributed by atoms with Gasteiger partial charge in [-0.1, -0.05) is 37.3 Å². The summed E-state index contributed by atoms with van der Waals surface area (Å²) < 4.78 is 1.11. The van der Waals surface area contributed by atoms with Gasteiger partial charge >= 0.3 is 0 Å². The third-order valence-electron chi connectivity index (χ3n) is 1.63. The molecule has 0 aromatic carbocycles. The van der Waals surface area contributed by atoms with Crippen molar-refractivity contribution in [2.75, 3.05) is 18.8 Å². The van der Waals surface area contributed by atoms with Gasteiger partial charge < -0.3 is 4.90 Å². The molecule has 0 amide bonds. The molecule has 0 aromatic heterocycles. The molecular formula is C7H14INS2. The fraction of sp³-hybridized carbons (Fsp3) is 0.857. The van der Waals surface area contributed by atoms with Gasteiger partial charge in [-0.05, 0) is 6.42 Å². The van der Waals surface area contributed by atoms with Gasteiger partial charge in [0.2, 0.25) is 0 Å². The topological polar surface area (TPSA) is 3.24 Å². The van der Waals surface area contributed by atoms with Crippen LogP contribution in [-0.2, 0) is 0 Å². The minimum atomic E-state index is 0. The van der Waals surface area contributed by atoms with Crippen LogP contribution in [0.2, 0.25) is 0 Å². The first kappa shape index (κ1) is 12.0. The lowest BCUT2D eigenvalue weighted by molar-refractivity contribution is 0.453. The van der Waals surface area contributed by atoms with Gasteiger partial charge in [0.15, 0.2) is 0 Å². The standard InChI is InChI=1S/C7H13NS2.HI/c1-2-3-4-8-5-6-10-7(8)9;/h2-6H2,1H3;1H. The Bertz CT molecular complexity index is 130. The van der Waals surface area contributed by atoms with Crippen LogP contribution in [0.4, 0.5) is 0 Å². The summed E-state index contributed by atoms with van der Waals surface area (Å²) in [7, 11) is 0. The van der Waals surface area contributed by atoms with Crippen molar-refractivity contribution in [1.29, 1.82) is 0 Å². The van der Waals surface area contributed by atoms with E-state index in [0.29, 0.717) is 0 Å². The Morgan fingerprint density at radius 1 is 1.64 bits per heavy atom. The van der Waals surface area contributed by atoms with Crippen molar-refractivity contribution in [3.8, 4) is 0 Å². The van der Waals surface area contributed by atoms with Crippen LogP contribution in [0.1, 0.15) is 19.8 Å². The summed E-state index contributed by atoms with van der Waals surface area (Å²) >= 11 is 6.96. The Labute approximate surface area is 95.3 Å². The second-order valence-electron chi connectivity index (χ2n) is 2.45. The molecule has 1 fully saturated rings. The largest absolute Gasteiger partial charge is 0.357 e. The van der Waals surface area contributed by atoms with Crippen molar-refractivity contribution < 1.29 is 0 Å². The van der Waals surface area contributed by atoms with E-state index in [1.807, 2.05) is 11.8 Å². The molecule has 66 valence electrons. The van der Waals surface area contributed by atoms with Gasteiger partial charge in [-0.25, -0.2) is 0 Å². The van der Waals surface area contributed by atoms with E-state index >= 15 is 0 Å². The average molecular weight is 303 g/mol. The molecule has 4 heteroatoms. The molecule has 0 unspecified atom stereocenters. The highest BCUT2D eigenvalue weighted by atomic mass is 127. The lowest BCUT2D eigenvalue weighted by Crippen LogP contribution is -2.23. The van der Waals surface area contributed by atoms with Crippen molar-refractivity contribution in [2.24, 2.45) is 0 Å². The van der Waals surface area contributed by atoms with E-state index in [1.54, 1.807) is 0 Å². The number of nitrogens with zero attached hydrogens (tertiary/aromatic N) is 1. The number of hydrogen-bond donors (Lipinski definition) is 0. The molecule has 11 heavy (non-hydrogen) atoms. The summed E-state index contributed by atoms with van der Waals surface area (Å²) in [6.07, 6.45) is 2.55. The van der Waals surface area contributed by atoms with E-state index < -0.39 is 0 Å². The van der Waals surface area contributed by atoms with Crippen molar-refractivity contribution in [3.05, 3.63) is 0 Å². The highest BCUT2D eigenvalue weighted by Crippen LogP contribution is 2.17. The second kappa shape index (κ2) is 6.48. The molecule has 1 aliphatic rings. The highest BCUT2D eigenvalue weighted by molar-refractivity contribution is 14.0. The summed E-state index contributed by atoms with van der Waals surface area (Å²) in [6.45, 7) is 4.55. The monoisotopic (exact) mass is 303 g/mol. The quantitative estimate of drug-likeness (QED) is 0.583. The summed E-state index contributed by atoms with van der Waals surface area (Å²) in [4.78, 5) is 2.31. The molecule has 1 heterocycles. The fourth-order valence-corrected chi connectivity index (χ4v) is 2.26. The van der Waals surface area contributed by atoms with Crippen molar-refractivity contribution in [1.82, 2.24) is 4.90 Å². The van der Waals surface area contributed by atoms with Crippen LogP contribution in [0.25, 0.3) is 0 Å². The molecule has 1 aliphatic heterocycles. The Morgan fingerprint density at radius 2 is 2.36 bits per heavy atom. The lowest BCUT2D eigenvalue weighted by atomic mass is 10.3. The van der Waals surface area contributed by atoms with Gasteiger partial charge in [0.05, 0.1) is 0 Å². The molecule has 1 saturated heterocycles. The zero-order valence-electron chi connectivity index (χ0n) is 6.71. The SMILES string of the molecule is CCCCN1CCSC1=S.I. The van der Waals surface area contributed by atoms with Crippen molar-refractivity contribution in [2.45, 2.75) is 19.8 Å². The summed E-state index contributed by atoms with van der Waals surface area (Å²) in [6, 6.07) is 0. The van der Waals surface area contributed by atoms with Crippen LogP contribution < -0.4 is 0 Å². The van der Waals surface area contributed by atoms with Gasteiger partial charge in [-0.15, -0.1) is 24.0 Å². The second-order valence-corrected chi connectivity index (χ2v) is 4.18. The molecule has 0 aromatic rings. The molecule has 0 spiro atoms. The first-order valence-corrected chi connectivity index (χ1v) is 5.15. The van der Waals surface area contributed by atoms with Crippen LogP contribution in [0, 0.1) is 0 Å². The van der Waals surface area contributed by atoms with Crippen molar-refractivity contribution >= 4 is 52.3 Å². The number of thiocarbonyl (C=S) groups is 1. The first-order valence-electron chi connectivity index (χ1n) is 3.76. The number of unbranched alkanes of at least 4 members (excludes halogenated alkanes) is 1. The van der Waals surface area contributed by atoms with Gasteiger partial charge in [-0.3, -0.25) is 0 Å². The van der Waals surface area contributed by atoms with Crippen LogP contribution in [0.3, 0.4) is 0 Å². The minimum absolute atomic E-state index is 0. The van der Waals surface area contributed by atoms with Gasteiger partial charge in [0, 0.05) is 18.8 Å². The van der Waals surface area contributed by atoms with Crippen LogP contribution in [-0.4, -0.2) is 28.1 Å². The Kier molecular flexibility index (Phi) is 7.05. The molecule has 0 radical (unpaired) electrons. The van der Waals surface area contributed by atoms with E-state index in [0.717, 1.165) is 4.32 Å². The van der Waals surface area contributed by atoms with Crippen LogP contribution in [0.15, 0.2) is 0 Å². The molecule has 0 atom stereocenters. The van der Waals surface area contributed by atoms with Crippen LogP contribution in [0.5, 0.6) is 0 Å². The van der Waals surface area contributed by atoms with E-state index in [-0.39, 0.29) is 24.0 Å². The maximum atomic E-state index is 5.14. The third kappa shape index (κ3) is 3.94. The minimum Gasteiger partial charge on any atom is -0.357 e. The third-order valence-corrected chi connectivity index (χ3v) is 3.13. The molecule has 1 rings (SSSR count). The predicted molar refractivity (Wildman–Crippen MR) is 67.0 cm³/mol. The van der Waals surface area contributed by atoms with E-state index in [9.17, 15) is 0 Å². The molecule has 0 N–H and O–H groups in total. The van der Waals surface area contributed by atoms with Crippen molar-refractivity contribution in [3.63, 3.8) is 0 Å². The number of halogens is 1. The predicted octanol–water partition coefficient (Wildman–Crippen LogP) is 2.74. The smallest absolute Gasteiger partial charge is 0.136 e. The van der Waals surface area contributed by atoms with Gasteiger partial charge in [0.1, 0.15) is 4.32 Å². The maximum absolute atomic E-state index is 5.14. The number of thioether (sulfide) groups is 1. The Hall–Kier alpha value is 0.970. The molecule has 0 bridgehead atoms. The van der Waals surface area contributed by atoms with E-state index in [4.69, 9.17) is 12.2 Å². The number of rotatable bonds is 3. The Morgan fingerprint density at radius 3 is 2.82 bits per heavy atom. The zero-order valence-corrected chi connectivity index (χ0v) is 10.7.